The van der Waals surface area contributed by atoms with Crippen molar-refractivity contribution in [2.75, 3.05) is 5.32 Å². The molecule has 19 heavy (non-hydrogen) atoms. The highest BCUT2D eigenvalue weighted by Gasteiger charge is 2.63. The largest absolute Gasteiger partial charge is 0.361 e. The summed E-state index contributed by atoms with van der Waals surface area (Å²) < 4.78 is 0. The van der Waals surface area contributed by atoms with E-state index in [-0.39, 0.29) is 10.8 Å². The van der Waals surface area contributed by atoms with Crippen LogP contribution in [0, 0.1) is 16.7 Å². The molecule has 2 aliphatic rings. The fraction of sp³-hybridized carbons (Fsp3) is 0.471. The van der Waals surface area contributed by atoms with Crippen LogP contribution in [0.15, 0.2) is 42.1 Å². The van der Waals surface area contributed by atoms with E-state index in [4.69, 9.17) is 0 Å². The van der Waals surface area contributed by atoms with E-state index in [2.05, 4.69) is 26.1 Å². The SMILES string of the molecule is CC1(C)[C@H]2CC[C@@]1(C)C(=O)C2=CNc1ccccc1. The monoisotopic (exact) mass is 255 g/mol. The van der Waals surface area contributed by atoms with Gasteiger partial charge in [-0.25, -0.2) is 0 Å². The van der Waals surface area contributed by atoms with Crippen LogP contribution in [-0.2, 0) is 4.79 Å². The molecule has 0 saturated heterocycles. The van der Waals surface area contributed by atoms with E-state index in [1.54, 1.807) is 0 Å². The van der Waals surface area contributed by atoms with Gasteiger partial charge in [0, 0.05) is 22.9 Å². The van der Waals surface area contributed by atoms with Crippen LogP contribution in [0.5, 0.6) is 0 Å². The van der Waals surface area contributed by atoms with Gasteiger partial charge in [-0.2, -0.15) is 0 Å². The van der Waals surface area contributed by atoms with Gasteiger partial charge in [0.2, 0.25) is 0 Å². The summed E-state index contributed by atoms with van der Waals surface area (Å²) in [4.78, 5) is 12.6. The summed E-state index contributed by atoms with van der Waals surface area (Å²) in [5.74, 6) is 0.749. The third-order valence-corrected chi connectivity index (χ3v) is 5.53. The summed E-state index contributed by atoms with van der Waals surface area (Å²) in [5.41, 5.74) is 1.95. The highest BCUT2D eigenvalue weighted by atomic mass is 16.1. The molecule has 2 saturated carbocycles. The predicted molar refractivity (Wildman–Crippen MR) is 77.8 cm³/mol. The summed E-state index contributed by atoms with van der Waals surface area (Å²) in [6, 6.07) is 10.0. The fourth-order valence-corrected chi connectivity index (χ4v) is 3.79. The Kier molecular flexibility index (Phi) is 2.60. The van der Waals surface area contributed by atoms with Crippen molar-refractivity contribution in [3.8, 4) is 0 Å². The van der Waals surface area contributed by atoms with Gasteiger partial charge < -0.3 is 5.32 Å². The van der Waals surface area contributed by atoms with Gasteiger partial charge in [-0.3, -0.25) is 4.79 Å². The van der Waals surface area contributed by atoms with Gasteiger partial charge in [0.25, 0.3) is 0 Å². The molecule has 2 nitrogen and oxygen atoms in total. The number of carbonyl (C=O) groups excluding carboxylic acids is 1. The summed E-state index contributed by atoms with van der Waals surface area (Å²) in [5, 5.41) is 3.27. The van der Waals surface area contributed by atoms with Gasteiger partial charge in [-0.05, 0) is 36.3 Å². The molecule has 1 aromatic carbocycles. The van der Waals surface area contributed by atoms with E-state index in [1.807, 2.05) is 36.5 Å². The van der Waals surface area contributed by atoms with Crippen molar-refractivity contribution in [1.82, 2.24) is 0 Å². The number of benzene rings is 1. The molecular formula is C17H21NO. The Morgan fingerprint density at radius 2 is 1.89 bits per heavy atom. The predicted octanol–water partition coefficient (Wildman–Crippen LogP) is 4.01. The van der Waals surface area contributed by atoms with Crippen LogP contribution in [0.4, 0.5) is 5.69 Å². The smallest absolute Gasteiger partial charge is 0.167 e. The number of ketones is 1. The third kappa shape index (κ3) is 1.59. The van der Waals surface area contributed by atoms with Gasteiger partial charge >= 0.3 is 0 Å². The zero-order valence-corrected chi connectivity index (χ0v) is 11.9. The molecule has 0 aromatic heterocycles. The number of hydrogen-bond donors (Lipinski definition) is 1. The quantitative estimate of drug-likeness (QED) is 0.809. The van der Waals surface area contributed by atoms with E-state index in [1.165, 1.54) is 0 Å². The second kappa shape index (κ2) is 3.96. The Hall–Kier alpha value is -1.57. The molecule has 1 N–H and O–H groups in total. The maximum atomic E-state index is 12.6. The highest BCUT2D eigenvalue weighted by Crippen LogP contribution is 2.65. The molecule has 0 heterocycles. The van der Waals surface area contributed by atoms with E-state index < -0.39 is 0 Å². The third-order valence-electron chi connectivity index (χ3n) is 5.53. The van der Waals surface area contributed by atoms with Crippen LogP contribution >= 0.6 is 0 Å². The number of fused-ring (bicyclic) bond motifs is 2. The molecule has 0 radical (unpaired) electrons. The first-order valence-corrected chi connectivity index (χ1v) is 7.03. The molecule has 0 amide bonds. The maximum Gasteiger partial charge on any atom is 0.167 e. The van der Waals surface area contributed by atoms with Crippen LogP contribution in [0.1, 0.15) is 33.6 Å². The van der Waals surface area contributed by atoms with Crippen molar-refractivity contribution >= 4 is 11.5 Å². The normalized spacial score (nSPS) is 33.9. The number of allylic oxidation sites excluding steroid dienone is 1. The molecule has 100 valence electrons. The Morgan fingerprint density at radius 1 is 1.21 bits per heavy atom. The average Bonchev–Trinajstić information content (AvgIpc) is 2.70. The number of rotatable bonds is 2. The van der Waals surface area contributed by atoms with Crippen molar-refractivity contribution in [1.29, 1.82) is 0 Å². The lowest BCUT2D eigenvalue weighted by molar-refractivity contribution is -0.125. The first-order valence-electron chi connectivity index (χ1n) is 7.03. The lowest BCUT2D eigenvalue weighted by Gasteiger charge is -2.31. The van der Waals surface area contributed by atoms with E-state index in [0.29, 0.717) is 11.7 Å². The minimum Gasteiger partial charge on any atom is -0.361 e. The molecule has 2 bridgehead atoms. The van der Waals surface area contributed by atoms with Crippen molar-refractivity contribution in [2.24, 2.45) is 16.7 Å². The number of nitrogens with one attached hydrogen (secondary N) is 1. The molecule has 1 aromatic rings. The van der Waals surface area contributed by atoms with Crippen LogP contribution in [0.3, 0.4) is 0 Å². The van der Waals surface area contributed by atoms with Crippen molar-refractivity contribution < 1.29 is 4.79 Å². The Bertz CT molecular complexity index is 544. The molecule has 2 atom stereocenters. The minimum absolute atomic E-state index is 0.0916. The zero-order valence-electron chi connectivity index (χ0n) is 11.9. The molecule has 0 spiro atoms. The molecule has 0 aliphatic heterocycles. The van der Waals surface area contributed by atoms with E-state index in [0.717, 1.165) is 24.1 Å². The highest BCUT2D eigenvalue weighted by molar-refractivity contribution is 6.04. The summed E-state index contributed by atoms with van der Waals surface area (Å²) in [6.45, 7) is 6.62. The number of para-hydroxylation sites is 1. The van der Waals surface area contributed by atoms with Crippen LogP contribution in [-0.4, -0.2) is 5.78 Å². The summed E-state index contributed by atoms with van der Waals surface area (Å²) >= 11 is 0. The van der Waals surface area contributed by atoms with E-state index in [9.17, 15) is 4.79 Å². The Balaban J connectivity index is 1.89. The van der Waals surface area contributed by atoms with Crippen LogP contribution in [0.25, 0.3) is 0 Å². The first-order chi connectivity index (χ1) is 8.97. The fourth-order valence-electron chi connectivity index (χ4n) is 3.79. The van der Waals surface area contributed by atoms with Gasteiger partial charge in [0.05, 0.1) is 0 Å². The second-order valence-corrected chi connectivity index (χ2v) is 6.58. The summed E-state index contributed by atoms with van der Waals surface area (Å²) in [6.07, 6.45) is 4.11. The number of Topliss-reactive ketones (excluding diaryl/α,β-unsaturated/α-hetero) is 1. The zero-order chi connectivity index (χ0) is 13.7. The standard InChI is InChI=1S/C17H21NO/c1-16(2)14-9-10-17(16,3)15(19)13(14)11-18-12-7-5-4-6-8-12/h4-8,11,14,18H,9-10H2,1-3H3/t14-,17-/m0/s1. The molecule has 0 unspecified atom stereocenters. The summed E-state index contributed by atoms with van der Waals surface area (Å²) in [7, 11) is 0. The molecule has 2 heteroatoms. The first kappa shape index (κ1) is 12.5. The number of carbonyl (C=O) groups is 1. The molecular weight excluding hydrogens is 234 g/mol. The Labute approximate surface area is 114 Å². The minimum atomic E-state index is -0.165. The van der Waals surface area contributed by atoms with Crippen LogP contribution in [0.2, 0.25) is 0 Å². The number of anilines is 1. The molecule has 2 fully saturated rings. The van der Waals surface area contributed by atoms with Crippen molar-refractivity contribution in [2.45, 2.75) is 33.6 Å². The van der Waals surface area contributed by atoms with Crippen LogP contribution < -0.4 is 5.32 Å². The molecule has 2 aliphatic carbocycles. The maximum absolute atomic E-state index is 12.6. The lowest BCUT2D eigenvalue weighted by Crippen LogP contribution is -2.32. The second-order valence-electron chi connectivity index (χ2n) is 6.58. The van der Waals surface area contributed by atoms with Gasteiger partial charge in [0.15, 0.2) is 5.78 Å². The lowest BCUT2D eigenvalue weighted by atomic mass is 9.70. The van der Waals surface area contributed by atoms with Gasteiger partial charge in [-0.1, -0.05) is 39.0 Å². The van der Waals surface area contributed by atoms with Gasteiger partial charge in [-0.15, -0.1) is 0 Å². The molecule has 3 rings (SSSR count). The number of hydrogen-bond acceptors (Lipinski definition) is 2. The van der Waals surface area contributed by atoms with E-state index >= 15 is 0 Å². The van der Waals surface area contributed by atoms with Crippen molar-refractivity contribution in [3.05, 3.63) is 42.1 Å². The van der Waals surface area contributed by atoms with Crippen molar-refractivity contribution in [3.63, 3.8) is 0 Å². The van der Waals surface area contributed by atoms with Gasteiger partial charge in [0.1, 0.15) is 0 Å². The Morgan fingerprint density at radius 3 is 2.47 bits per heavy atom. The average molecular weight is 255 g/mol. The topological polar surface area (TPSA) is 29.1 Å².